The zero-order valence-electron chi connectivity index (χ0n) is 21.5. The molecule has 0 atom stereocenters. The Morgan fingerprint density at radius 1 is 1.14 bits per heavy atom. The van der Waals surface area contributed by atoms with Crippen LogP contribution >= 0.6 is 0 Å². The number of piperidine rings is 1. The van der Waals surface area contributed by atoms with Crippen molar-refractivity contribution in [2.24, 2.45) is 5.41 Å². The van der Waals surface area contributed by atoms with Gasteiger partial charge in [-0.1, -0.05) is 23.8 Å². The van der Waals surface area contributed by atoms with Gasteiger partial charge in [0, 0.05) is 51.4 Å². The van der Waals surface area contributed by atoms with Crippen molar-refractivity contribution in [2.75, 3.05) is 32.8 Å². The number of para-hydroxylation sites is 1. The molecule has 4 rings (SSSR count). The SMILES string of the molecule is CC1=CCCC2(CCN(C(=O)CCNC(=O)c3cccnc3)CC2)CNC(=O)c2ccccc2OCC1. The van der Waals surface area contributed by atoms with Crippen molar-refractivity contribution >= 4 is 17.7 Å². The molecule has 2 aromatic rings. The number of rotatable bonds is 4. The Kier molecular flexibility index (Phi) is 8.93. The van der Waals surface area contributed by atoms with Gasteiger partial charge in [-0.15, -0.1) is 0 Å². The smallest absolute Gasteiger partial charge is 0.255 e. The van der Waals surface area contributed by atoms with Crippen LogP contribution in [-0.2, 0) is 4.79 Å². The maximum Gasteiger partial charge on any atom is 0.255 e. The Morgan fingerprint density at radius 2 is 1.95 bits per heavy atom. The molecule has 2 aliphatic heterocycles. The molecule has 0 unspecified atom stereocenters. The van der Waals surface area contributed by atoms with Crippen molar-refractivity contribution in [3.63, 3.8) is 0 Å². The molecule has 1 spiro atoms. The zero-order valence-corrected chi connectivity index (χ0v) is 21.5. The number of pyridine rings is 1. The zero-order chi connectivity index (χ0) is 26.1. The number of benzene rings is 1. The number of hydrogen-bond donors (Lipinski definition) is 2. The first-order chi connectivity index (χ1) is 18.0. The minimum atomic E-state index is -0.228. The number of carbonyl (C=O) groups is 3. The first-order valence-corrected chi connectivity index (χ1v) is 13.1. The number of amides is 3. The molecule has 1 aromatic heterocycles. The Labute approximate surface area is 218 Å². The highest BCUT2D eigenvalue weighted by Crippen LogP contribution is 2.36. The number of hydrogen-bond acceptors (Lipinski definition) is 5. The number of allylic oxidation sites excluding steroid dienone is 1. The topological polar surface area (TPSA) is 101 Å². The van der Waals surface area contributed by atoms with E-state index in [2.05, 4.69) is 28.6 Å². The summed E-state index contributed by atoms with van der Waals surface area (Å²) >= 11 is 0. The monoisotopic (exact) mass is 504 g/mol. The summed E-state index contributed by atoms with van der Waals surface area (Å²) in [7, 11) is 0. The molecular formula is C29H36N4O4. The van der Waals surface area contributed by atoms with E-state index in [-0.39, 0.29) is 36.1 Å². The summed E-state index contributed by atoms with van der Waals surface area (Å²) in [4.78, 5) is 43.9. The van der Waals surface area contributed by atoms with Gasteiger partial charge in [0.2, 0.25) is 5.91 Å². The fourth-order valence-electron chi connectivity index (χ4n) is 4.98. The standard InChI is InChI=1S/C29H36N4O4/c1-22-6-4-12-29(21-32-28(36)24-8-2-3-9-25(24)37-19-11-22)13-17-33(18-14-29)26(34)10-16-31-27(35)23-7-5-15-30-20-23/h2-3,5-9,15,20H,4,10-14,16-19,21H2,1H3,(H,31,35)(H,32,36). The van der Waals surface area contributed by atoms with Crippen molar-refractivity contribution < 1.29 is 19.1 Å². The Hall–Kier alpha value is -3.68. The van der Waals surface area contributed by atoms with Gasteiger partial charge in [-0.2, -0.15) is 0 Å². The molecule has 196 valence electrons. The van der Waals surface area contributed by atoms with E-state index in [1.807, 2.05) is 23.1 Å². The van der Waals surface area contributed by atoms with Crippen LogP contribution in [0, 0.1) is 5.41 Å². The van der Waals surface area contributed by atoms with Crippen molar-refractivity contribution in [3.05, 3.63) is 71.6 Å². The van der Waals surface area contributed by atoms with Crippen LogP contribution < -0.4 is 15.4 Å². The first-order valence-electron chi connectivity index (χ1n) is 13.1. The quantitative estimate of drug-likeness (QED) is 0.618. The minimum Gasteiger partial charge on any atom is -0.492 e. The summed E-state index contributed by atoms with van der Waals surface area (Å²) < 4.78 is 5.92. The van der Waals surface area contributed by atoms with Gasteiger partial charge in [-0.05, 0) is 62.3 Å². The summed E-state index contributed by atoms with van der Waals surface area (Å²) in [5, 5.41) is 5.96. The van der Waals surface area contributed by atoms with E-state index in [4.69, 9.17) is 4.74 Å². The van der Waals surface area contributed by atoms with Gasteiger partial charge in [0.25, 0.3) is 11.8 Å². The highest BCUT2D eigenvalue weighted by atomic mass is 16.5. The summed E-state index contributed by atoms with van der Waals surface area (Å²) in [5.74, 6) is 0.296. The van der Waals surface area contributed by atoms with E-state index in [0.717, 1.165) is 32.1 Å². The Bertz CT molecular complexity index is 1120. The minimum absolute atomic E-state index is 0.0387. The number of nitrogens with one attached hydrogen (secondary N) is 2. The Balaban J connectivity index is 1.34. The van der Waals surface area contributed by atoms with Crippen LogP contribution in [0.2, 0.25) is 0 Å². The summed E-state index contributed by atoms with van der Waals surface area (Å²) in [6.07, 6.45) is 10.0. The molecule has 0 aliphatic carbocycles. The number of fused-ring (bicyclic) bond motifs is 1. The van der Waals surface area contributed by atoms with Crippen molar-refractivity contribution in [1.82, 2.24) is 20.5 Å². The number of carbonyl (C=O) groups excluding carboxylic acids is 3. The maximum atomic E-state index is 13.0. The second-order valence-corrected chi connectivity index (χ2v) is 9.99. The number of aromatic nitrogens is 1. The van der Waals surface area contributed by atoms with Crippen LogP contribution in [0.5, 0.6) is 5.75 Å². The van der Waals surface area contributed by atoms with E-state index in [9.17, 15) is 14.4 Å². The summed E-state index contributed by atoms with van der Waals surface area (Å²) in [6, 6.07) is 10.8. The molecule has 8 nitrogen and oxygen atoms in total. The van der Waals surface area contributed by atoms with Gasteiger partial charge < -0.3 is 20.3 Å². The largest absolute Gasteiger partial charge is 0.492 e. The first kappa shape index (κ1) is 26.4. The van der Waals surface area contributed by atoms with Crippen molar-refractivity contribution in [3.8, 4) is 5.75 Å². The molecule has 1 aromatic carbocycles. The summed E-state index contributed by atoms with van der Waals surface area (Å²) in [6.45, 7) is 4.81. The highest BCUT2D eigenvalue weighted by molar-refractivity contribution is 5.97. The molecule has 3 amide bonds. The molecule has 1 saturated heterocycles. The van der Waals surface area contributed by atoms with E-state index in [1.165, 1.54) is 11.8 Å². The third-order valence-corrected chi connectivity index (χ3v) is 7.40. The van der Waals surface area contributed by atoms with Gasteiger partial charge in [0.1, 0.15) is 5.75 Å². The molecule has 0 radical (unpaired) electrons. The van der Waals surface area contributed by atoms with Gasteiger partial charge in [-0.25, -0.2) is 0 Å². The van der Waals surface area contributed by atoms with E-state index in [0.29, 0.717) is 43.1 Å². The third-order valence-electron chi connectivity index (χ3n) is 7.40. The van der Waals surface area contributed by atoms with E-state index >= 15 is 0 Å². The van der Waals surface area contributed by atoms with Crippen LogP contribution in [-0.4, -0.2) is 60.4 Å². The summed E-state index contributed by atoms with van der Waals surface area (Å²) in [5.41, 5.74) is 2.25. The van der Waals surface area contributed by atoms with Gasteiger partial charge in [0.15, 0.2) is 0 Å². The van der Waals surface area contributed by atoms with Gasteiger partial charge in [0.05, 0.1) is 17.7 Å². The lowest BCUT2D eigenvalue weighted by molar-refractivity contribution is -0.133. The molecule has 0 bridgehead atoms. The predicted octanol–water partition coefficient (Wildman–Crippen LogP) is 3.75. The molecule has 37 heavy (non-hydrogen) atoms. The lowest BCUT2D eigenvalue weighted by atomic mass is 9.74. The van der Waals surface area contributed by atoms with Crippen LogP contribution in [0.4, 0.5) is 0 Å². The van der Waals surface area contributed by atoms with Crippen LogP contribution in [0.3, 0.4) is 0 Å². The number of nitrogens with zero attached hydrogens (tertiary/aromatic N) is 2. The molecule has 8 heteroatoms. The van der Waals surface area contributed by atoms with Crippen molar-refractivity contribution in [2.45, 2.75) is 45.4 Å². The van der Waals surface area contributed by atoms with Gasteiger partial charge >= 0.3 is 0 Å². The fourth-order valence-corrected chi connectivity index (χ4v) is 4.98. The number of likely N-dealkylation sites (tertiary alicyclic amines) is 1. The molecule has 3 heterocycles. The second kappa shape index (κ2) is 12.5. The predicted molar refractivity (Wildman–Crippen MR) is 141 cm³/mol. The van der Waals surface area contributed by atoms with Crippen LogP contribution in [0.15, 0.2) is 60.4 Å². The Morgan fingerprint density at radius 3 is 2.73 bits per heavy atom. The second-order valence-electron chi connectivity index (χ2n) is 9.99. The number of ether oxygens (including phenoxy) is 1. The van der Waals surface area contributed by atoms with E-state index in [1.54, 1.807) is 24.4 Å². The van der Waals surface area contributed by atoms with Gasteiger partial charge in [-0.3, -0.25) is 19.4 Å². The van der Waals surface area contributed by atoms with Crippen LogP contribution in [0.1, 0.15) is 66.2 Å². The molecule has 0 saturated carbocycles. The van der Waals surface area contributed by atoms with E-state index < -0.39 is 0 Å². The molecule has 1 fully saturated rings. The third kappa shape index (κ3) is 7.18. The molecular weight excluding hydrogens is 468 g/mol. The highest BCUT2D eigenvalue weighted by Gasteiger charge is 2.36. The molecule has 2 aliphatic rings. The van der Waals surface area contributed by atoms with Crippen molar-refractivity contribution in [1.29, 1.82) is 0 Å². The normalized spacial score (nSPS) is 18.1. The lowest BCUT2D eigenvalue weighted by Crippen LogP contribution is -2.48. The lowest BCUT2D eigenvalue weighted by Gasteiger charge is -2.42. The van der Waals surface area contributed by atoms with Crippen LogP contribution in [0.25, 0.3) is 0 Å². The maximum absolute atomic E-state index is 13.0. The fraction of sp³-hybridized carbons (Fsp3) is 0.448. The molecule has 2 N–H and O–H groups in total. The average Bonchev–Trinajstić information content (AvgIpc) is 2.93. The average molecular weight is 505 g/mol.